The van der Waals surface area contributed by atoms with E-state index in [9.17, 15) is 9.59 Å². The summed E-state index contributed by atoms with van der Waals surface area (Å²) in [6.45, 7) is 3.83. The van der Waals surface area contributed by atoms with Crippen molar-refractivity contribution in [3.05, 3.63) is 102 Å². The van der Waals surface area contributed by atoms with Gasteiger partial charge in [0, 0.05) is 56.2 Å². The first kappa shape index (κ1) is 32.2. The molecule has 1 aliphatic rings. The summed E-state index contributed by atoms with van der Waals surface area (Å²) in [6, 6.07) is 20.8. The van der Waals surface area contributed by atoms with Crippen LogP contribution in [0.2, 0.25) is 0 Å². The van der Waals surface area contributed by atoms with Crippen molar-refractivity contribution in [2.45, 2.75) is 38.9 Å². The molecule has 0 radical (unpaired) electrons. The summed E-state index contributed by atoms with van der Waals surface area (Å²) in [7, 11) is 5.04. The Labute approximate surface area is 279 Å². The molecule has 1 aliphatic heterocycles. The number of nitrogens with one attached hydrogen (secondary N) is 2. The van der Waals surface area contributed by atoms with Crippen LogP contribution in [-0.2, 0) is 24.3 Å². The maximum absolute atomic E-state index is 12.9. The van der Waals surface area contributed by atoms with Gasteiger partial charge in [0.2, 0.25) is 5.91 Å². The lowest BCUT2D eigenvalue weighted by Crippen LogP contribution is -2.42. The van der Waals surface area contributed by atoms with Gasteiger partial charge in [-0.2, -0.15) is 0 Å². The predicted octanol–water partition coefficient (Wildman–Crippen LogP) is 5.83. The summed E-state index contributed by atoms with van der Waals surface area (Å²) in [6.07, 6.45) is 6.76. The summed E-state index contributed by atoms with van der Waals surface area (Å²) in [5, 5.41) is 7.27. The molecule has 11 heteroatoms. The lowest BCUT2D eigenvalue weighted by molar-refractivity contribution is -0.128. The maximum Gasteiger partial charge on any atom is 0.321 e. The summed E-state index contributed by atoms with van der Waals surface area (Å²) in [5.41, 5.74) is 4.98. The largest absolute Gasteiger partial charge is 0.497 e. The van der Waals surface area contributed by atoms with Gasteiger partial charge in [0.15, 0.2) is 0 Å². The number of nitrogens with zero attached hydrogens (tertiary/aromatic N) is 5. The van der Waals surface area contributed by atoms with Crippen molar-refractivity contribution in [1.29, 1.82) is 0 Å². The van der Waals surface area contributed by atoms with Gasteiger partial charge in [0.05, 0.1) is 19.9 Å². The zero-order valence-electron chi connectivity index (χ0n) is 27.6. The van der Waals surface area contributed by atoms with E-state index in [0.29, 0.717) is 31.9 Å². The molecule has 0 bridgehead atoms. The molecular weight excluding hydrogens is 606 g/mol. The number of aryl methyl sites for hydroxylation is 1. The van der Waals surface area contributed by atoms with E-state index in [4.69, 9.17) is 14.5 Å². The Morgan fingerprint density at radius 2 is 1.62 bits per heavy atom. The van der Waals surface area contributed by atoms with Crippen molar-refractivity contribution in [1.82, 2.24) is 25.2 Å². The van der Waals surface area contributed by atoms with Crippen LogP contribution in [-0.4, -0.2) is 65.6 Å². The number of hydrogen-bond donors (Lipinski definition) is 2. The number of ether oxygens (including phenoxy) is 2. The minimum Gasteiger partial charge on any atom is -0.497 e. The number of carbonyl (C=O) groups is 2. The van der Waals surface area contributed by atoms with Crippen LogP contribution in [0.5, 0.6) is 11.5 Å². The topological polar surface area (TPSA) is 122 Å². The molecule has 5 aromatic rings. The number of likely N-dealkylation sites (tertiary alicyclic amines) is 1. The third-order valence-electron chi connectivity index (χ3n) is 8.60. The average Bonchev–Trinajstić information content (AvgIpc) is 3.43. The SMILES string of the molecule is CCc1ccncc1-c1cc2cc(NC(=O)NC3CCN(C)C3=O)ncc2c(N(Cc2ccc(OC)cc2)Cc2ccc(OC)cc2)n1. The molecule has 0 aliphatic carbocycles. The van der Waals surface area contributed by atoms with E-state index in [1.165, 1.54) is 0 Å². The second kappa shape index (κ2) is 14.4. The molecule has 11 nitrogen and oxygen atoms in total. The highest BCUT2D eigenvalue weighted by Gasteiger charge is 2.30. The molecule has 0 spiro atoms. The number of amides is 3. The lowest BCUT2D eigenvalue weighted by atomic mass is 10.0. The number of methoxy groups -OCH3 is 2. The number of anilines is 2. The molecule has 1 atom stereocenters. The van der Waals surface area contributed by atoms with E-state index in [-0.39, 0.29) is 5.91 Å². The van der Waals surface area contributed by atoms with Gasteiger partial charge < -0.3 is 24.6 Å². The van der Waals surface area contributed by atoms with Crippen molar-refractivity contribution in [3.8, 4) is 22.8 Å². The number of pyridine rings is 3. The van der Waals surface area contributed by atoms with E-state index in [0.717, 1.165) is 62.5 Å². The number of benzene rings is 2. The Bertz CT molecular complexity index is 1870. The number of urea groups is 1. The minimum absolute atomic E-state index is 0.103. The molecule has 2 aromatic carbocycles. The first-order valence-electron chi connectivity index (χ1n) is 15.9. The number of carbonyl (C=O) groups excluding carboxylic acids is 2. The molecular formula is C37H39N7O4. The van der Waals surface area contributed by atoms with Gasteiger partial charge in [-0.05, 0) is 77.4 Å². The van der Waals surface area contributed by atoms with Gasteiger partial charge >= 0.3 is 6.03 Å². The van der Waals surface area contributed by atoms with Crippen molar-refractivity contribution < 1.29 is 19.1 Å². The predicted molar refractivity (Wildman–Crippen MR) is 186 cm³/mol. The zero-order chi connectivity index (χ0) is 33.6. The van der Waals surface area contributed by atoms with E-state index in [1.807, 2.05) is 72.9 Å². The van der Waals surface area contributed by atoms with Crippen molar-refractivity contribution in [2.75, 3.05) is 38.0 Å². The Kier molecular flexibility index (Phi) is 9.65. The highest BCUT2D eigenvalue weighted by Crippen LogP contribution is 2.34. The Morgan fingerprint density at radius 1 is 0.958 bits per heavy atom. The van der Waals surface area contributed by atoms with E-state index < -0.39 is 12.1 Å². The Morgan fingerprint density at radius 3 is 2.21 bits per heavy atom. The van der Waals surface area contributed by atoms with Crippen LogP contribution in [0.1, 0.15) is 30.0 Å². The summed E-state index contributed by atoms with van der Waals surface area (Å²) in [5.74, 6) is 2.57. The van der Waals surface area contributed by atoms with Gasteiger partial charge in [-0.1, -0.05) is 31.2 Å². The smallest absolute Gasteiger partial charge is 0.321 e. The molecule has 1 saturated heterocycles. The molecule has 3 aromatic heterocycles. The molecule has 6 rings (SSSR count). The number of aromatic nitrogens is 3. The second-order valence-corrected chi connectivity index (χ2v) is 11.8. The highest BCUT2D eigenvalue weighted by atomic mass is 16.5. The number of likely N-dealkylation sites (N-methyl/N-ethyl adjacent to an activating group) is 1. The molecule has 4 heterocycles. The monoisotopic (exact) mass is 645 g/mol. The van der Waals surface area contributed by atoms with E-state index >= 15 is 0 Å². The van der Waals surface area contributed by atoms with E-state index in [1.54, 1.807) is 38.6 Å². The van der Waals surface area contributed by atoms with Gasteiger partial charge in [-0.25, -0.2) is 14.8 Å². The van der Waals surface area contributed by atoms with Gasteiger partial charge in [-0.15, -0.1) is 0 Å². The van der Waals surface area contributed by atoms with Crippen LogP contribution in [0.25, 0.3) is 22.0 Å². The number of hydrogen-bond acceptors (Lipinski definition) is 8. The first-order chi connectivity index (χ1) is 23.3. The van der Waals surface area contributed by atoms with Crippen molar-refractivity contribution in [2.24, 2.45) is 0 Å². The number of fused-ring (bicyclic) bond motifs is 1. The zero-order valence-corrected chi connectivity index (χ0v) is 27.6. The Hall–Kier alpha value is -5.71. The third kappa shape index (κ3) is 7.15. The van der Waals surface area contributed by atoms with Crippen molar-refractivity contribution in [3.63, 3.8) is 0 Å². The van der Waals surface area contributed by atoms with Crippen molar-refractivity contribution >= 4 is 34.3 Å². The normalized spacial score (nSPS) is 14.2. The molecule has 48 heavy (non-hydrogen) atoms. The molecule has 0 saturated carbocycles. The summed E-state index contributed by atoms with van der Waals surface area (Å²) < 4.78 is 10.8. The standard InChI is InChI=1S/C37H39N7O4/c1-5-26-14-16-38-20-30(26)33-18-27-19-34(42-37(46)41-32-15-17-43(2)36(32)45)39-21-31(27)35(40-33)44(22-24-6-10-28(47-3)11-7-24)23-25-8-12-29(48-4)13-9-25/h6-14,16,18-21,32H,5,15,17,22-23H2,1-4H3,(H2,39,41,42,46). The van der Waals surface area contributed by atoms with Crippen LogP contribution < -0.4 is 25.0 Å². The van der Waals surface area contributed by atoms with Gasteiger partial charge in [0.1, 0.15) is 29.2 Å². The lowest BCUT2D eigenvalue weighted by Gasteiger charge is -2.26. The fourth-order valence-corrected chi connectivity index (χ4v) is 5.92. The van der Waals surface area contributed by atoms with Crippen LogP contribution in [0.15, 0.2) is 85.3 Å². The summed E-state index contributed by atoms with van der Waals surface area (Å²) in [4.78, 5) is 43.4. The van der Waals surface area contributed by atoms with Crippen LogP contribution in [0, 0.1) is 0 Å². The minimum atomic E-state index is -0.555. The fourth-order valence-electron chi connectivity index (χ4n) is 5.92. The quantitative estimate of drug-likeness (QED) is 0.184. The van der Waals surface area contributed by atoms with Gasteiger partial charge in [-0.3, -0.25) is 15.1 Å². The third-order valence-corrected chi connectivity index (χ3v) is 8.60. The molecule has 1 unspecified atom stereocenters. The second-order valence-electron chi connectivity index (χ2n) is 11.8. The molecule has 246 valence electrons. The van der Waals surface area contributed by atoms with Crippen LogP contribution in [0.3, 0.4) is 0 Å². The fraction of sp³-hybridized carbons (Fsp3) is 0.270. The molecule has 2 N–H and O–H groups in total. The van der Waals surface area contributed by atoms with Crippen LogP contribution in [0.4, 0.5) is 16.4 Å². The maximum atomic E-state index is 12.9. The van der Waals surface area contributed by atoms with Gasteiger partial charge in [0.25, 0.3) is 0 Å². The molecule has 1 fully saturated rings. The summed E-state index contributed by atoms with van der Waals surface area (Å²) >= 11 is 0. The Balaban J connectivity index is 1.43. The van der Waals surface area contributed by atoms with E-state index in [2.05, 4.69) is 32.4 Å². The highest BCUT2D eigenvalue weighted by molar-refractivity contribution is 5.99. The van der Waals surface area contributed by atoms with Crippen LogP contribution >= 0.6 is 0 Å². The molecule has 3 amide bonds. The average molecular weight is 646 g/mol. The first-order valence-corrected chi connectivity index (χ1v) is 15.9. The number of rotatable bonds is 11.